The van der Waals surface area contributed by atoms with Gasteiger partial charge in [0, 0.05) is 5.56 Å². The maximum absolute atomic E-state index is 12.5. The van der Waals surface area contributed by atoms with Gasteiger partial charge in [-0.1, -0.05) is 42.5 Å². The molecule has 2 aromatic carbocycles. The first-order valence-corrected chi connectivity index (χ1v) is 8.00. The van der Waals surface area contributed by atoms with E-state index in [9.17, 15) is 27.9 Å². The van der Waals surface area contributed by atoms with Crippen molar-refractivity contribution in [2.75, 3.05) is 6.61 Å². The highest BCUT2D eigenvalue weighted by Crippen LogP contribution is 2.31. The predicted octanol–water partition coefficient (Wildman–Crippen LogP) is 3.61. The number of benzene rings is 2. The molecule has 2 aromatic rings. The molecule has 0 radical (unpaired) electrons. The number of carbonyl (C=O) groups excluding carboxylic acids is 2. The zero-order chi connectivity index (χ0) is 20.1. The molecule has 0 aliphatic heterocycles. The van der Waals surface area contributed by atoms with Crippen molar-refractivity contribution in [3.63, 3.8) is 0 Å². The molecule has 0 heterocycles. The second-order valence-corrected chi connectivity index (χ2v) is 5.62. The van der Waals surface area contributed by atoms with Gasteiger partial charge in [-0.15, -0.1) is 13.2 Å². The smallest absolute Gasteiger partial charge is 0.464 e. The Morgan fingerprint density at radius 3 is 2.11 bits per heavy atom. The number of Topliss-reactive ketones (excluding diaryl/α,β-unsaturated/α-hetero) is 1. The second kappa shape index (κ2) is 8.22. The van der Waals surface area contributed by atoms with Gasteiger partial charge in [-0.05, 0) is 24.6 Å². The van der Waals surface area contributed by atoms with E-state index in [1.54, 1.807) is 18.2 Å². The van der Waals surface area contributed by atoms with Crippen molar-refractivity contribution in [3.8, 4) is 5.75 Å². The van der Waals surface area contributed by atoms with Gasteiger partial charge in [-0.2, -0.15) is 0 Å². The van der Waals surface area contributed by atoms with Crippen LogP contribution >= 0.6 is 0 Å². The lowest BCUT2D eigenvalue weighted by Gasteiger charge is -2.26. The number of alkyl halides is 3. The molecule has 5 nitrogen and oxygen atoms in total. The molecule has 27 heavy (non-hydrogen) atoms. The number of esters is 1. The second-order valence-electron chi connectivity index (χ2n) is 5.62. The minimum Gasteiger partial charge on any atom is -0.464 e. The van der Waals surface area contributed by atoms with Gasteiger partial charge in [0.05, 0.1) is 13.0 Å². The fourth-order valence-corrected chi connectivity index (χ4v) is 2.43. The van der Waals surface area contributed by atoms with Gasteiger partial charge in [0.25, 0.3) is 0 Å². The molecule has 0 fully saturated rings. The number of ether oxygens (including phenoxy) is 2. The molecule has 1 N–H and O–H groups in total. The first-order valence-electron chi connectivity index (χ1n) is 8.00. The molecule has 1 unspecified atom stereocenters. The summed E-state index contributed by atoms with van der Waals surface area (Å²) in [5.74, 6) is -2.12. The molecule has 2 rings (SSSR count). The lowest BCUT2D eigenvalue weighted by Crippen LogP contribution is -2.39. The monoisotopic (exact) mass is 382 g/mol. The zero-order valence-corrected chi connectivity index (χ0v) is 14.3. The molecule has 0 bridgehead atoms. The summed E-state index contributed by atoms with van der Waals surface area (Å²) in [6, 6.07) is 12.0. The summed E-state index contributed by atoms with van der Waals surface area (Å²) in [5.41, 5.74) is -2.16. The third-order valence-electron chi connectivity index (χ3n) is 3.69. The molecule has 0 saturated heterocycles. The molecule has 144 valence electrons. The SMILES string of the molecule is CCOC(=O)C(O)(CC(=O)c1ccccc1)c1ccc(OC(F)(F)F)cc1. The van der Waals surface area contributed by atoms with Crippen LogP contribution in [-0.4, -0.2) is 29.8 Å². The Morgan fingerprint density at radius 2 is 1.59 bits per heavy atom. The van der Waals surface area contributed by atoms with E-state index in [-0.39, 0.29) is 17.7 Å². The van der Waals surface area contributed by atoms with E-state index in [0.717, 1.165) is 24.3 Å². The summed E-state index contributed by atoms with van der Waals surface area (Å²) in [5, 5.41) is 10.9. The van der Waals surface area contributed by atoms with E-state index in [1.807, 2.05) is 0 Å². The summed E-state index contributed by atoms with van der Waals surface area (Å²) in [6.45, 7) is 1.48. The van der Waals surface area contributed by atoms with E-state index in [2.05, 4.69) is 4.74 Å². The Balaban J connectivity index is 2.33. The Hall–Kier alpha value is -2.87. The molecule has 0 aliphatic carbocycles. The molecule has 0 saturated carbocycles. The Labute approximate surface area is 153 Å². The lowest BCUT2D eigenvalue weighted by molar-refractivity contribution is -0.274. The molecule has 0 spiro atoms. The maximum atomic E-state index is 12.5. The molecular weight excluding hydrogens is 365 g/mol. The lowest BCUT2D eigenvalue weighted by atomic mass is 9.87. The zero-order valence-electron chi connectivity index (χ0n) is 14.3. The fraction of sp³-hybridized carbons (Fsp3) is 0.263. The van der Waals surface area contributed by atoms with E-state index >= 15 is 0 Å². The molecule has 1 atom stereocenters. The number of halogens is 3. The molecule has 8 heteroatoms. The Morgan fingerprint density at radius 1 is 1.00 bits per heavy atom. The number of hydrogen-bond donors (Lipinski definition) is 1. The van der Waals surface area contributed by atoms with Crippen LogP contribution in [0.1, 0.15) is 29.3 Å². The maximum Gasteiger partial charge on any atom is 0.573 e. The minimum absolute atomic E-state index is 0.0457. The highest BCUT2D eigenvalue weighted by atomic mass is 19.4. The van der Waals surface area contributed by atoms with Gasteiger partial charge in [-0.3, -0.25) is 4.79 Å². The van der Waals surface area contributed by atoms with Crippen molar-refractivity contribution in [2.24, 2.45) is 0 Å². The average Bonchev–Trinajstić information content (AvgIpc) is 2.61. The number of aliphatic hydroxyl groups is 1. The van der Waals surface area contributed by atoms with Gasteiger partial charge < -0.3 is 14.6 Å². The van der Waals surface area contributed by atoms with Gasteiger partial charge >= 0.3 is 12.3 Å². The van der Waals surface area contributed by atoms with Gasteiger partial charge in [0.15, 0.2) is 11.4 Å². The molecule has 0 aromatic heterocycles. The largest absolute Gasteiger partial charge is 0.573 e. The first-order chi connectivity index (χ1) is 12.7. The summed E-state index contributed by atoms with van der Waals surface area (Å²) >= 11 is 0. The van der Waals surface area contributed by atoms with Crippen molar-refractivity contribution >= 4 is 11.8 Å². The number of ketones is 1. The third kappa shape index (κ3) is 5.30. The van der Waals surface area contributed by atoms with E-state index in [1.165, 1.54) is 19.1 Å². The van der Waals surface area contributed by atoms with E-state index in [0.29, 0.717) is 0 Å². The highest BCUT2D eigenvalue weighted by Gasteiger charge is 2.42. The van der Waals surface area contributed by atoms with Crippen molar-refractivity contribution < 1.29 is 37.3 Å². The quantitative estimate of drug-likeness (QED) is 0.585. The van der Waals surface area contributed by atoms with Crippen LogP contribution in [0.3, 0.4) is 0 Å². The number of carbonyl (C=O) groups is 2. The van der Waals surface area contributed by atoms with E-state index in [4.69, 9.17) is 4.74 Å². The predicted molar refractivity (Wildman–Crippen MR) is 89.0 cm³/mol. The van der Waals surface area contributed by atoms with Gasteiger partial charge in [0.2, 0.25) is 0 Å². The summed E-state index contributed by atoms with van der Waals surface area (Å²) in [6.07, 6.45) is -5.50. The van der Waals surface area contributed by atoms with Gasteiger partial charge in [-0.25, -0.2) is 4.79 Å². The highest BCUT2D eigenvalue weighted by molar-refractivity contribution is 6.00. The van der Waals surface area contributed by atoms with Crippen molar-refractivity contribution in [1.29, 1.82) is 0 Å². The molecular formula is C19H17F3O5. The average molecular weight is 382 g/mol. The first kappa shape index (κ1) is 20.4. The summed E-state index contributed by atoms with van der Waals surface area (Å²) in [4.78, 5) is 24.8. The minimum atomic E-state index is -4.87. The Kier molecular flexibility index (Phi) is 6.22. The van der Waals surface area contributed by atoms with Crippen LogP contribution in [0.4, 0.5) is 13.2 Å². The standard InChI is InChI=1S/C19H17F3O5/c1-2-26-17(24)18(25,12-16(23)13-6-4-3-5-7-13)14-8-10-15(11-9-14)27-19(20,21)22/h3-11,25H,2,12H2,1H3. The normalized spacial score (nSPS) is 13.5. The number of hydrogen-bond acceptors (Lipinski definition) is 5. The van der Waals surface area contributed by atoms with Crippen LogP contribution in [0.2, 0.25) is 0 Å². The van der Waals surface area contributed by atoms with E-state index < -0.39 is 35.9 Å². The van der Waals surface area contributed by atoms with Crippen LogP contribution in [0.25, 0.3) is 0 Å². The van der Waals surface area contributed by atoms with Crippen molar-refractivity contribution in [1.82, 2.24) is 0 Å². The fourth-order valence-electron chi connectivity index (χ4n) is 2.43. The molecule has 0 amide bonds. The summed E-state index contributed by atoms with van der Waals surface area (Å²) < 4.78 is 45.4. The van der Waals surface area contributed by atoms with Crippen molar-refractivity contribution in [2.45, 2.75) is 25.3 Å². The Bertz CT molecular complexity index is 787. The van der Waals surface area contributed by atoms with Crippen LogP contribution in [0.5, 0.6) is 5.75 Å². The summed E-state index contributed by atoms with van der Waals surface area (Å²) in [7, 11) is 0. The topological polar surface area (TPSA) is 72.8 Å². The van der Waals surface area contributed by atoms with Gasteiger partial charge in [0.1, 0.15) is 5.75 Å². The van der Waals surface area contributed by atoms with Crippen LogP contribution in [0.15, 0.2) is 54.6 Å². The number of rotatable bonds is 7. The van der Waals surface area contributed by atoms with Crippen molar-refractivity contribution in [3.05, 3.63) is 65.7 Å². The van der Waals surface area contributed by atoms with Crippen LogP contribution < -0.4 is 4.74 Å². The molecule has 0 aliphatic rings. The van der Waals surface area contributed by atoms with Crippen LogP contribution in [-0.2, 0) is 15.1 Å². The third-order valence-corrected chi connectivity index (χ3v) is 3.69. The van der Waals surface area contributed by atoms with Crippen LogP contribution in [0, 0.1) is 0 Å².